The molecule has 140 valence electrons. The fourth-order valence-electron chi connectivity index (χ4n) is 2.31. The Kier molecular flexibility index (Phi) is 6.42. The number of amides is 1. The van der Waals surface area contributed by atoms with Gasteiger partial charge in [-0.2, -0.15) is 0 Å². The predicted octanol–water partition coefficient (Wildman–Crippen LogP) is 4.60. The molecule has 0 spiro atoms. The maximum atomic E-state index is 12.3. The highest BCUT2D eigenvalue weighted by Crippen LogP contribution is 2.21. The smallest absolute Gasteiger partial charge is 0.255 e. The Morgan fingerprint density at radius 1 is 0.923 bits per heavy atom. The lowest BCUT2D eigenvalue weighted by molar-refractivity contribution is 0.102. The zero-order valence-electron chi connectivity index (χ0n) is 15.6. The molecule has 0 aliphatic heterocycles. The molecule has 2 rings (SSSR count). The van der Waals surface area contributed by atoms with Gasteiger partial charge in [0, 0.05) is 16.9 Å². The molecule has 26 heavy (non-hydrogen) atoms. The van der Waals surface area contributed by atoms with Gasteiger partial charge in [-0.25, -0.2) is 8.42 Å². The van der Waals surface area contributed by atoms with E-state index in [-0.39, 0.29) is 5.91 Å². The van der Waals surface area contributed by atoms with Gasteiger partial charge in [-0.3, -0.25) is 9.52 Å². The highest BCUT2D eigenvalue weighted by Gasteiger charge is 2.15. The van der Waals surface area contributed by atoms with Crippen molar-refractivity contribution in [3.05, 3.63) is 59.7 Å². The van der Waals surface area contributed by atoms with Crippen molar-refractivity contribution in [2.24, 2.45) is 0 Å². The van der Waals surface area contributed by atoms with Crippen LogP contribution in [0, 0.1) is 0 Å². The number of nitrogens with one attached hydrogen (secondary N) is 2. The highest BCUT2D eigenvalue weighted by atomic mass is 32.2. The molecule has 5 nitrogen and oxygen atoms in total. The Hall–Kier alpha value is -2.34. The Balaban J connectivity index is 2.04. The molecular weight excluding hydrogens is 348 g/mol. The summed E-state index contributed by atoms with van der Waals surface area (Å²) in [4.78, 5) is 12.3. The highest BCUT2D eigenvalue weighted by molar-refractivity contribution is 7.93. The fraction of sp³-hybridized carbons (Fsp3) is 0.350. The van der Waals surface area contributed by atoms with Crippen molar-refractivity contribution in [1.29, 1.82) is 0 Å². The first kappa shape index (κ1) is 20.0. The SMILES string of the molecule is CCC(C)c1ccc(NC(=O)c2ccc(NS(=O)(=O)C(C)C)cc2)cc1. The number of anilines is 2. The van der Waals surface area contributed by atoms with E-state index in [4.69, 9.17) is 0 Å². The van der Waals surface area contributed by atoms with E-state index in [1.54, 1.807) is 38.1 Å². The normalized spacial score (nSPS) is 12.7. The molecule has 0 aromatic heterocycles. The van der Waals surface area contributed by atoms with E-state index in [9.17, 15) is 13.2 Å². The zero-order chi connectivity index (χ0) is 19.3. The summed E-state index contributed by atoms with van der Waals surface area (Å²) in [5.41, 5.74) is 2.87. The minimum atomic E-state index is -3.40. The van der Waals surface area contributed by atoms with Crippen LogP contribution in [0.2, 0.25) is 0 Å². The minimum Gasteiger partial charge on any atom is -0.322 e. The second-order valence-corrected chi connectivity index (χ2v) is 8.90. The van der Waals surface area contributed by atoms with Crippen LogP contribution in [0.3, 0.4) is 0 Å². The Morgan fingerprint density at radius 3 is 1.96 bits per heavy atom. The van der Waals surface area contributed by atoms with Gasteiger partial charge in [0.15, 0.2) is 0 Å². The standard InChI is InChI=1S/C20H26N2O3S/c1-5-15(4)16-6-10-18(11-7-16)21-20(23)17-8-12-19(13-9-17)22-26(24,25)14(2)3/h6-15,22H,5H2,1-4H3,(H,21,23). The molecule has 2 N–H and O–H groups in total. The number of carbonyl (C=O) groups is 1. The number of sulfonamides is 1. The second-order valence-electron chi connectivity index (χ2n) is 6.66. The van der Waals surface area contributed by atoms with E-state index in [0.717, 1.165) is 12.1 Å². The van der Waals surface area contributed by atoms with Crippen LogP contribution in [-0.4, -0.2) is 19.6 Å². The average molecular weight is 375 g/mol. The first-order valence-electron chi connectivity index (χ1n) is 8.76. The molecule has 2 aromatic rings. The topological polar surface area (TPSA) is 75.3 Å². The van der Waals surface area contributed by atoms with E-state index in [1.807, 2.05) is 24.3 Å². The third-order valence-corrected chi connectivity index (χ3v) is 6.14. The number of benzene rings is 2. The van der Waals surface area contributed by atoms with Gasteiger partial charge >= 0.3 is 0 Å². The summed E-state index contributed by atoms with van der Waals surface area (Å²) < 4.78 is 26.2. The fourth-order valence-corrected chi connectivity index (χ4v) is 3.01. The summed E-state index contributed by atoms with van der Waals surface area (Å²) in [6, 6.07) is 14.2. The van der Waals surface area contributed by atoms with Gasteiger partial charge in [0.1, 0.15) is 0 Å². The van der Waals surface area contributed by atoms with Crippen LogP contribution in [0.4, 0.5) is 11.4 Å². The van der Waals surface area contributed by atoms with Crippen LogP contribution in [-0.2, 0) is 10.0 Å². The molecule has 0 aliphatic carbocycles. The third kappa shape index (κ3) is 5.08. The Bertz CT molecular complexity index is 842. The van der Waals surface area contributed by atoms with E-state index in [2.05, 4.69) is 23.9 Å². The molecule has 1 atom stereocenters. The summed E-state index contributed by atoms with van der Waals surface area (Å²) >= 11 is 0. The molecule has 0 saturated heterocycles. The summed E-state index contributed by atoms with van der Waals surface area (Å²) in [7, 11) is -3.40. The molecule has 2 aromatic carbocycles. The molecule has 0 radical (unpaired) electrons. The van der Waals surface area contributed by atoms with Gasteiger partial charge in [0.25, 0.3) is 5.91 Å². The molecule has 0 aliphatic rings. The molecule has 1 amide bonds. The van der Waals surface area contributed by atoms with Crippen molar-refractivity contribution in [1.82, 2.24) is 0 Å². The molecule has 0 heterocycles. The van der Waals surface area contributed by atoms with Crippen molar-refractivity contribution in [2.45, 2.75) is 45.3 Å². The second kappa shape index (κ2) is 8.36. The lowest BCUT2D eigenvalue weighted by Gasteiger charge is -2.12. The van der Waals surface area contributed by atoms with Crippen molar-refractivity contribution in [3.63, 3.8) is 0 Å². The van der Waals surface area contributed by atoms with Gasteiger partial charge in [-0.1, -0.05) is 26.0 Å². The van der Waals surface area contributed by atoms with Crippen LogP contribution in [0.15, 0.2) is 48.5 Å². The molecule has 1 unspecified atom stereocenters. The van der Waals surface area contributed by atoms with Crippen molar-refractivity contribution in [2.75, 3.05) is 10.0 Å². The lowest BCUT2D eigenvalue weighted by Crippen LogP contribution is -2.22. The third-order valence-electron chi connectivity index (χ3n) is 4.38. The number of hydrogen-bond acceptors (Lipinski definition) is 3. The minimum absolute atomic E-state index is 0.237. The quantitative estimate of drug-likeness (QED) is 0.743. The van der Waals surface area contributed by atoms with Gasteiger partial charge in [0.05, 0.1) is 5.25 Å². The van der Waals surface area contributed by atoms with E-state index >= 15 is 0 Å². The van der Waals surface area contributed by atoms with Gasteiger partial charge in [-0.15, -0.1) is 0 Å². The number of rotatable bonds is 7. The van der Waals surface area contributed by atoms with Crippen LogP contribution >= 0.6 is 0 Å². The number of hydrogen-bond donors (Lipinski definition) is 2. The molecule has 0 fully saturated rings. The summed E-state index contributed by atoms with van der Waals surface area (Å²) in [6.45, 7) is 7.53. The average Bonchev–Trinajstić information content (AvgIpc) is 2.61. The maximum Gasteiger partial charge on any atom is 0.255 e. The summed E-state index contributed by atoms with van der Waals surface area (Å²) in [5, 5.41) is 2.33. The lowest BCUT2D eigenvalue weighted by atomic mass is 9.98. The summed E-state index contributed by atoms with van der Waals surface area (Å²) in [6.07, 6.45) is 1.07. The van der Waals surface area contributed by atoms with Crippen molar-refractivity contribution < 1.29 is 13.2 Å². The zero-order valence-corrected chi connectivity index (χ0v) is 16.4. The molecule has 0 saturated carbocycles. The van der Waals surface area contributed by atoms with E-state index < -0.39 is 15.3 Å². The van der Waals surface area contributed by atoms with E-state index in [1.165, 1.54) is 5.56 Å². The Morgan fingerprint density at radius 2 is 1.46 bits per heavy atom. The van der Waals surface area contributed by atoms with Crippen LogP contribution in [0.1, 0.15) is 56.0 Å². The predicted molar refractivity (Wildman–Crippen MR) is 107 cm³/mol. The first-order chi connectivity index (χ1) is 12.2. The Labute approximate surface area is 155 Å². The van der Waals surface area contributed by atoms with Gasteiger partial charge < -0.3 is 5.32 Å². The van der Waals surface area contributed by atoms with Crippen molar-refractivity contribution >= 4 is 27.3 Å². The van der Waals surface area contributed by atoms with Crippen LogP contribution in [0.5, 0.6) is 0 Å². The largest absolute Gasteiger partial charge is 0.322 e. The van der Waals surface area contributed by atoms with E-state index in [0.29, 0.717) is 17.2 Å². The van der Waals surface area contributed by atoms with Crippen LogP contribution < -0.4 is 10.0 Å². The molecular formula is C20H26N2O3S. The summed E-state index contributed by atoms with van der Waals surface area (Å²) in [5.74, 6) is 0.251. The monoisotopic (exact) mass is 374 g/mol. The van der Waals surface area contributed by atoms with Crippen molar-refractivity contribution in [3.8, 4) is 0 Å². The first-order valence-corrected chi connectivity index (χ1v) is 10.3. The molecule has 6 heteroatoms. The van der Waals surface area contributed by atoms with Crippen LogP contribution in [0.25, 0.3) is 0 Å². The molecule has 0 bridgehead atoms. The van der Waals surface area contributed by atoms with Gasteiger partial charge in [-0.05, 0) is 68.1 Å². The maximum absolute atomic E-state index is 12.3. The van der Waals surface area contributed by atoms with Gasteiger partial charge in [0.2, 0.25) is 10.0 Å². The number of carbonyl (C=O) groups excluding carboxylic acids is 1.